The molecule has 112 valence electrons. The summed E-state index contributed by atoms with van der Waals surface area (Å²) in [5, 5.41) is 0. The first-order chi connectivity index (χ1) is 9.68. The molecule has 0 unspecified atom stereocenters. The summed E-state index contributed by atoms with van der Waals surface area (Å²) in [6, 6.07) is 3.05. The van der Waals surface area contributed by atoms with Gasteiger partial charge in [0.1, 0.15) is 0 Å². The number of nitrogens with one attached hydrogen (secondary N) is 1. The van der Waals surface area contributed by atoms with Crippen LogP contribution in [0.2, 0.25) is 0 Å². The lowest BCUT2D eigenvalue weighted by Crippen LogP contribution is -2.32. The van der Waals surface area contributed by atoms with E-state index in [1.165, 1.54) is 6.07 Å². The van der Waals surface area contributed by atoms with Crippen molar-refractivity contribution < 1.29 is 17.6 Å². The topological polar surface area (TPSA) is 80.9 Å². The van der Waals surface area contributed by atoms with Crippen LogP contribution in [0.1, 0.15) is 11.1 Å². The average Bonchev–Trinajstić information content (AvgIpc) is 2.36. The Morgan fingerprint density at radius 1 is 1.24 bits per heavy atom. The highest BCUT2D eigenvalue weighted by atomic mass is 19.4. The van der Waals surface area contributed by atoms with Gasteiger partial charge in [-0.25, -0.2) is 4.79 Å². The molecular weight excluding hydrogens is 294 g/mol. The van der Waals surface area contributed by atoms with Crippen LogP contribution in [0, 0.1) is 5.82 Å². The number of nitrogens with zero attached hydrogens (tertiary/aromatic N) is 1. The fourth-order valence-corrected chi connectivity index (χ4v) is 1.78. The molecule has 0 saturated carbocycles. The van der Waals surface area contributed by atoms with Gasteiger partial charge in [0.25, 0.3) is 5.56 Å². The van der Waals surface area contributed by atoms with Crippen molar-refractivity contribution in [1.29, 1.82) is 0 Å². The average molecular weight is 303 g/mol. The number of halogens is 4. The van der Waals surface area contributed by atoms with Gasteiger partial charge in [0, 0.05) is 5.69 Å². The molecule has 0 radical (unpaired) electrons. The summed E-state index contributed by atoms with van der Waals surface area (Å²) in [5.74, 6) is -1.27. The van der Waals surface area contributed by atoms with Gasteiger partial charge in [0.05, 0.1) is 18.3 Å². The van der Waals surface area contributed by atoms with Crippen LogP contribution in [-0.4, -0.2) is 9.55 Å². The van der Waals surface area contributed by atoms with Crippen molar-refractivity contribution in [2.75, 3.05) is 5.73 Å². The minimum atomic E-state index is -4.67. The summed E-state index contributed by atoms with van der Waals surface area (Å²) >= 11 is 0. The standard InChI is InChI=1S/C12H9F4N3O2/c13-9-5-19(11(21)18-10(9)20)4-6-1-2-7(17)3-8(6)12(14,15)16/h1-3,5H,4,17H2,(H,18,20,21). The van der Waals surface area contributed by atoms with Crippen LogP contribution in [0.5, 0.6) is 0 Å². The maximum atomic E-state index is 13.1. The smallest absolute Gasteiger partial charge is 0.399 e. The van der Waals surface area contributed by atoms with Crippen LogP contribution in [0.25, 0.3) is 0 Å². The predicted octanol–water partition coefficient (Wildman–Crippen LogP) is 1.33. The van der Waals surface area contributed by atoms with Crippen LogP contribution >= 0.6 is 0 Å². The van der Waals surface area contributed by atoms with Gasteiger partial charge in [-0.05, 0) is 17.7 Å². The summed E-state index contributed by atoms with van der Waals surface area (Å²) < 4.78 is 52.5. The molecule has 1 aromatic carbocycles. The Morgan fingerprint density at radius 2 is 1.90 bits per heavy atom. The number of rotatable bonds is 2. The van der Waals surface area contributed by atoms with E-state index in [0.717, 1.165) is 12.1 Å². The molecular formula is C12H9F4N3O2. The highest BCUT2D eigenvalue weighted by Gasteiger charge is 2.33. The molecule has 1 aromatic heterocycles. The van der Waals surface area contributed by atoms with Gasteiger partial charge in [-0.1, -0.05) is 6.07 Å². The number of hydrogen-bond donors (Lipinski definition) is 2. The number of anilines is 1. The fraction of sp³-hybridized carbons (Fsp3) is 0.167. The molecule has 3 N–H and O–H groups in total. The second-order valence-electron chi connectivity index (χ2n) is 4.28. The zero-order valence-corrected chi connectivity index (χ0v) is 10.4. The van der Waals surface area contributed by atoms with E-state index >= 15 is 0 Å². The lowest BCUT2D eigenvalue weighted by atomic mass is 10.1. The third-order valence-electron chi connectivity index (χ3n) is 2.75. The zero-order valence-electron chi connectivity index (χ0n) is 10.4. The lowest BCUT2D eigenvalue weighted by molar-refractivity contribution is -0.138. The fourth-order valence-electron chi connectivity index (χ4n) is 1.78. The summed E-state index contributed by atoms with van der Waals surface area (Å²) in [7, 11) is 0. The van der Waals surface area contributed by atoms with E-state index in [2.05, 4.69) is 0 Å². The molecule has 2 rings (SSSR count). The second kappa shape index (κ2) is 5.08. The van der Waals surface area contributed by atoms with E-state index in [0.29, 0.717) is 10.8 Å². The van der Waals surface area contributed by atoms with Gasteiger partial charge in [-0.15, -0.1) is 0 Å². The third kappa shape index (κ3) is 3.12. The molecule has 1 heterocycles. The number of alkyl halides is 3. The van der Waals surface area contributed by atoms with Crippen LogP contribution < -0.4 is 17.0 Å². The maximum Gasteiger partial charge on any atom is 0.416 e. The minimum Gasteiger partial charge on any atom is -0.399 e. The zero-order chi connectivity index (χ0) is 15.8. The van der Waals surface area contributed by atoms with Gasteiger partial charge in [0.15, 0.2) is 0 Å². The Morgan fingerprint density at radius 3 is 2.52 bits per heavy atom. The molecule has 5 nitrogen and oxygen atoms in total. The minimum absolute atomic E-state index is 0.0916. The van der Waals surface area contributed by atoms with Crippen LogP contribution in [0.3, 0.4) is 0 Å². The van der Waals surface area contributed by atoms with Crippen LogP contribution in [0.4, 0.5) is 23.2 Å². The molecule has 0 aliphatic rings. The number of H-pyrrole nitrogens is 1. The summed E-state index contributed by atoms with van der Waals surface area (Å²) in [6.07, 6.45) is -4.12. The van der Waals surface area contributed by atoms with Gasteiger partial charge in [0.2, 0.25) is 5.82 Å². The number of nitrogen functional groups attached to an aromatic ring is 1. The Bertz CT molecular complexity index is 792. The molecule has 0 spiro atoms. The quantitative estimate of drug-likeness (QED) is 0.648. The Hall–Kier alpha value is -2.58. The molecule has 21 heavy (non-hydrogen) atoms. The van der Waals surface area contributed by atoms with E-state index in [-0.39, 0.29) is 11.3 Å². The maximum absolute atomic E-state index is 13.1. The first kappa shape index (κ1) is 14.8. The number of aromatic amines is 1. The predicted molar refractivity (Wildman–Crippen MR) is 66.2 cm³/mol. The van der Waals surface area contributed by atoms with Crippen molar-refractivity contribution in [2.45, 2.75) is 12.7 Å². The Kier molecular flexibility index (Phi) is 3.58. The SMILES string of the molecule is Nc1ccc(Cn2cc(F)c(=O)[nH]c2=O)c(C(F)(F)F)c1. The van der Waals surface area contributed by atoms with Crippen molar-refractivity contribution >= 4 is 5.69 Å². The molecule has 0 bridgehead atoms. The highest BCUT2D eigenvalue weighted by molar-refractivity contribution is 5.46. The molecule has 0 atom stereocenters. The summed E-state index contributed by atoms with van der Waals surface area (Å²) in [5.41, 5.74) is 1.68. The van der Waals surface area contributed by atoms with Crippen LogP contribution in [0.15, 0.2) is 34.0 Å². The summed E-state index contributed by atoms with van der Waals surface area (Å²) in [4.78, 5) is 24.0. The monoisotopic (exact) mass is 303 g/mol. The van der Waals surface area contributed by atoms with E-state index in [9.17, 15) is 27.2 Å². The van der Waals surface area contributed by atoms with Gasteiger partial charge >= 0.3 is 11.9 Å². The van der Waals surface area contributed by atoms with Gasteiger partial charge in [-0.3, -0.25) is 14.3 Å². The Balaban J connectivity index is 2.53. The largest absolute Gasteiger partial charge is 0.416 e. The molecule has 0 aliphatic carbocycles. The van der Waals surface area contributed by atoms with Gasteiger partial charge in [-0.2, -0.15) is 17.6 Å². The van der Waals surface area contributed by atoms with E-state index in [4.69, 9.17) is 5.73 Å². The molecule has 2 aromatic rings. The van der Waals surface area contributed by atoms with E-state index < -0.39 is 35.4 Å². The van der Waals surface area contributed by atoms with Crippen LogP contribution in [-0.2, 0) is 12.7 Å². The summed E-state index contributed by atoms with van der Waals surface area (Å²) in [6.45, 7) is -0.554. The van der Waals surface area contributed by atoms with Crippen molar-refractivity contribution in [2.24, 2.45) is 0 Å². The normalized spacial score (nSPS) is 11.6. The highest BCUT2D eigenvalue weighted by Crippen LogP contribution is 2.33. The number of aromatic nitrogens is 2. The second-order valence-corrected chi connectivity index (χ2v) is 4.28. The van der Waals surface area contributed by atoms with Gasteiger partial charge < -0.3 is 5.73 Å². The van der Waals surface area contributed by atoms with Crippen molar-refractivity contribution in [3.05, 3.63) is 62.2 Å². The number of nitrogens with two attached hydrogens (primary N) is 1. The number of benzene rings is 1. The molecule has 0 fully saturated rings. The van der Waals surface area contributed by atoms with E-state index in [1.54, 1.807) is 4.98 Å². The molecule has 0 amide bonds. The number of hydrogen-bond acceptors (Lipinski definition) is 3. The first-order valence-electron chi connectivity index (χ1n) is 5.63. The van der Waals surface area contributed by atoms with Crippen molar-refractivity contribution in [3.8, 4) is 0 Å². The third-order valence-corrected chi connectivity index (χ3v) is 2.75. The Labute approximate surface area is 114 Å². The molecule has 0 aliphatic heterocycles. The molecule has 9 heteroatoms. The lowest BCUT2D eigenvalue weighted by Gasteiger charge is -2.14. The first-order valence-corrected chi connectivity index (χ1v) is 5.63. The van der Waals surface area contributed by atoms with Crippen molar-refractivity contribution in [3.63, 3.8) is 0 Å². The van der Waals surface area contributed by atoms with Crippen molar-refractivity contribution in [1.82, 2.24) is 9.55 Å². The van der Waals surface area contributed by atoms with E-state index in [1.807, 2.05) is 0 Å². The molecule has 0 saturated heterocycles.